The van der Waals surface area contributed by atoms with E-state index >= 15 is 0 Å². The number of alkyl halides is 2. The first kappa shape index (κ1) is 25.7. The molecule has 36 heavy (non-hydrogen) atoms. The molecule has 1 aromatic heterocycles. The van der Waals surface area contributed by atoms with Crippen molar-refractivity contribution in [1.82, 2.24) is 19.6 Å². The van der Waals surface area contributed by atoms with E-state index in [2.05, 4.69) is 14.7 Å². The lowest BCUT2D eigenvalue weighted by molar-refractivity contribution is -0.0136. The minimum atomic E-state index is -3.56. The molecule has 13 heteroatoms. The lowest BCUT2D eigenvalue weighted by atomic mass is 9.86. The van der Waals surface area contributed by atoms with Gasteiger partial charge in [-0.25, -0.2) is 41.1 Å². The summed E-state index contributed by atoms with van der Waals surface area (Å²) >= 11 is 0. The van der Waals surface area contributed by atoms with Gasteiger partial charge in [0.2, 0.25) is 10.0 Å². The fourth-order valence-electron chi connectivity index (χ4n) is 5.96. The summed E-state index contributed by atoms with van der Waals surface area (Å²) in [5, 5.41) is 0. The number of nitrogens with zero attached hydrogens (tertiary/aromatic N) is 3. The number of rotatable bonds is 8. The highest BCUT2D eigenvalue weighted by Crippen LogP contribution is 2.61. The number of halogens is 3. The molecule has 1 N–H and O–H groups in total. The molecule has 7 atom stereocenters. The van der Waals surface area contributed by atoms with Gasteiger partial charge in [0.25, 0.3) is 5.92 Å². The Morgan fingerprint density at radius 2 is 1.92 bits per heavy atom. The van der Waals surface area contributed by atoms with Crippen LogP contribution >= 0.6 is 0 Å². The van der Waals surface area contributed by atoms with Crippen molar-refractivity contribution < 1.29 is 35.9 Å². The number of carbonyl (C=O) groups is 1. The zero-order chi connectivity index (χ0) is 25.9. The number of hydrogen-bond acceptors (Lipinski definition) is 7. The second-order valence-corrected chi connectivity index (χ2v) is 12.6. The molecule has 3 saturated carbocycles. The van der Waals surface area contributed by atoms with Crippen LogP contribution in [0.25, 0.3) is 0 Å². The third kappa shape index (κ3) is 5.19. The molecule has 1 unspecified atom stereocenters. The third-order valence-electron chi connectivity index (χ3n) is 8.09. The Labute approximate surface area is 208 Å². The quantitative estimate of drug-likeness (QED) is 0.548. The summed E-state index contributed by atoms with van der Waals surface area (Å²) in [5.41, 5.74) is -0.142. The van der Waals surface area contributed by atoms with Crippen molar-refractivity contribution >= 4 is 16.1 Å². The Morgan fingerprint density at radius 1 is 1.22 bits per heavy atom. The van der Waals surface area contributed by atoms with Crippen molar-refractivity contribution in [2.45, 2.75) is 81.0 Å². The van der Waals surface area contributed by atoms with Gasteiger partial charge in [0.05, 0.1) is 43.3 Å². The van der Waals surface area contributed by atoms with Gasteiger partial charge in [0.1, 0.15) is 12.4 Å². The van der Waals surface area contributed by atoms with Crippen LogP contribution < -0.4 is 4.72 Å². The summed E-state index contributed by atoms with van der Waals surface area (Å²) < 4.78 is 77.5. The molecule has 1 saturated heterocycles. The minimum absolute atomic E-state index is 0.0870. The van der Waals surface area contributed by atoms with Crippen LogP contribution in [0.15, 0.2) is 12.4 Å². The van der Waals surface area contributed by atoms with Crippen molar-refractivity contribution in [1.29, 1.82) is 0 Å². The molecule has 1 amide bonds. The van der Waals surface area contributed by atoms with Crippen LogP contribution in [0.4, 0.5) is 18.0 Å². The number of hydrogen-bond donors (Lipinski definition) is 1. The maximum atomic E-state index is 13.2. The van der Waals surface area contributed by atoms with Gasteiger partial charge in [0, 0.05) is 23.9 Å². The Morgan fingerprint density at radius 3 is 2.53 bits per heavy atom. The van der Waals surface area contributed by atoms with Crippen molar-refractivity contribution in [3.63, 3.8) is 0 Å². The van der Waals surface area contributed by atoms with Crippen LogP contribution in [0.3, 0.4) is 0 Å². The molecule has 1 aromatic rings. The number of likely N-dealkylation sites (tertiary alicyclic amines) is 1. The zero-order valence-corrected chi connectivity index (χ0v) is 21.0. The molecule has 3 aliphatic carbocycles. The number of aromatic nitrogens is 2. The van der Waals surface area contributed by atoms with Crippen molar-refractivity contribution in [3.05, 3.63) is 24.0 Å². The van der Waals surface area contributed by atoms with Crippen LogP contribution in [0, 0.1) is 17.7 Å². The van der Waals surface area contributed by atoms with Gasteiger partial charge in [-0.1, -0.05) is 0 Å². The molecule has 2 heterocycles. The first-order valence-electron chi connectivity index (χ1n) is 12.3. The van der Waals surface area contributed by atoms with Gasteiger partial charge >= 0.3 is 6.09 Å². The van der Waals surface area contributed by atoms with E-state index in [0.717, 1.165) is 31.9 Å². The number of nitrogens with one attached hydrogen (secondary N) is 1. The van der Waals surface area contributed by atoms with E-state index < -0.39 is 45.9 Å². The average Bonchev–Trinajstić information content (AvgIpc) is 3.64. The van der Waals surface area contributed by atoms with Gasteiger partial charge in [-0.3, -0.25) is 4.90 Å². The third-order valence-corrected chi connectivity index (χ3v) is 8.82. The monoisotopic (exact) mass is 532 g/mol. The predicted molar refractivity (Wildman–Crippen MR) is 121 cm³/mol. The van der Waals surface area contributed by atoms with Crippen molar-refractivity contribution in [2.75, 3.05) is 19.5 Å². The van der Waals surface area contributed by atoms with E-state index in [1.165, 1.54) is 17.3 Å². The topological polar surface area (TPSA) is 111 Å². The summed E-state index contributed by atoms with van der Waals surface area (Å²) in [6.07, 6.45) is 5.83. The number of carbonyl (C=O) groups excluding carboxylic acids is 1. The first-order valence-corrected chi connectivity index (χ1v) is 14.2. The maximum Gasteiger partial charge on any atom is 0.410 e. The highest BCUT2D eigenvalue weighted by atomic mass is 32.2. The maximum absolute atomic E-state index is 13.2. The minimum Gasteiger partial charge on any atom is -0.449 e. The summed E-state index contributed by atoms with van der Waals surface area (Å²) in [6.45, 7) is 1.49. The highest BCUT2D eigenvalue weighted by molar-refractivity contribution is 7.88. The smallest absolute Gasteiger partial charge is 0.410 e. The summed E-state index contributed by atoms with van der Waals surface area (Å²) in [4.78, 5) is 22.6. The fraction of sp³-hybridized carbons (Fsp3) is 0.783. The molecule has 5 rings (SSSR count). The van der Waals surface area contributed by atoms with Gasteiger partial charge in [-0.2, -0.15) is 0 Å². The van der Waals surface area contributed by atoms with Crippen molar-refractivity contribution in [2.24, 2.45) is 11.8 Å². The molecule has 4 aliphatic rings. The number of amides is 1. The second-order valence-electron chi connectivity index (χ2n) is 10.8. The lowest BCUT2D eigenvalue weighted by Gasteiger charge is -2.33. The van der Waals surface area contributed by atoms with E-state index in [1.807, 2.05) is 0 Å². The average molecular weight is 533 g/mol. The van der Waals surface area contributed by atoms with E-state index in [4.69, 9.17) is 9.47 Å². The second kappa shape index (κ2) is 9.09. The largest absolute Gasteiger partial charge is 0.449 e. The van der Waals surface area contributed by atoms with Crippen LogP contribution in [0.1, 0.15) is 51.3 Å². The van der Waals surface area contributed by atoms with Crippen LogP contribution in [-0.4, -0.2) is 79.0 Å². The summed E-state index contributed by atoms with van der Waals surface area (Å²) in [6, 6.07) is -1.57. The van der Waals surface area contributed by atoms with Gasteiger partial charge < -0.3 is 9.47 Å². The number of fused-ring (bicyclic) bond motifs is 1. The molecule has 0 radical (unpaired) electrons. The van der Waals surface area contributed by atoms with Crippen LogP contribution in [0.2, 0.25) is 0 Å². The SMILES string of the molecule is C[C@@H]1C[C@H](NS(C)(=O)=O)[C@H](CO[C@H]2CC[C@@]3(c4ncc(F)cn4)C[C@H]3C2)N1C(=O)OCC1CC1(F)F. The van der Waals surface area contributed by atoms with Crippen LogP contribution in [0.5, 0.6) is 0 Å². The predicted octanol–water partition coefficient (Wildman–Crippen LogP) is 2.61. The van der Waals surface area contributed by atoms with Gasteiger partial charge in [-0.15, -0.1) is 0 Å². The number of sulfonamides is 1. The summed E-state index contributed by atoms with van der Waals surface area (Å²) in [7, 11) is -3.56. The molecule has 1 aliphatic heterocycles. The van der Waals surface area contributed by atoms with E-state index in [0.29, 0.717) is 18.2 Å². The lowest BCUT2D eigenvalue weighted by Crippen LogP contribution is -2.50. The Balaban J connectivity index is 1.21. The molecule has 0 bridgehead atoms. The molecule has 4 fully saturated rings. The highest BCUT2D eigenvalue weighted by Gasteiger charge is 2.60. The number of ether oxygens (including phenoxy) is 2. The Hall–Kier alpha value is -1.99. The Bertz CT molecular complexity index is 1110. The van der Waals surface area contributed by atoms with E-state index in [-0.39, 0.29) is 37.2 Å². The summed E-state index contributed by atoms with van der Waals surface area (Å²) in [5.74, 6) is -3.26. The van der Waals surface area contributed by atoms with Crippen LogP contribution in [-0.2, 0) is 24.9 Å². The van der Waals surface area contributed by atoms with E-state index in [1.54, 1.807) is 6.92 Å². The Kier molecular flexibility index (Phi) is 6.47. The normalized spacial score (nSPS) is 36.9. The standard InChI is InChI=1S/C23H31F3N4O5S/c1-13-5-18(29-36(2,32)33)19(30(13)21(31)35-11-15-8-23(15,25)26)12-34-17-3-4-22(7-14(22)6-17)20-27-9-16(24)10-28-20/h9-10,13-15,17-19,29H,3-8,11-12H2,1-2H3/t13-,14-,15?,17+,18+,19+,22-/m1/s1. The molecular weight excluding hydrogens is 501 g/mol. The van der Waals surface area contributed by atoms with Gasteiger partial charge in [0.15, 0.2) is 5.82 Å². The zero-order valence-electron chi connectivity index (χ0n) is 20.2. The molecular formula is C23H31F3N4O5S. The fourth-order valence-corrected chi connectivity index (χ4v) is 6.76. The van der Waals surface area contributed by atoms with Gasteiger partial charge in [-0.05, 0) is 44.9 Å². The molecule has 9 nitrogen and oxygen atoms in total. The molecule has 200 valence electrons. The van der Waals surface area contributed by atoms with Crippen molar-refractivity contribution in [3.8, 4) is 0 Å². The molecule has 0 spiro atoms. The first-order chi connectivity index (χ1) is 16.9. The molecule has 0 aromatic carbocycles. The van der Waals surface area contributed by atoms with E-state index in [9.17, 15) is 26.4 Å².